The molecular weight excluding hydrogens is 733 g/mol. The highest BCUT2D eigenvalue weighted by Gasteiger charge is 2.19. The van der Waals surface area contributed by atoms with Crippen LogP contribution in [0.15, 0.2) is 48.6 Å². The Bertz CT molecular complexity index is 1040. The van der Waals surface area contributed by atoms with Crippen LogP contribution in [-0.2, 0) is 28.6 Å². The average Bonchev–Trinajstić information content (AvgIpc) is 3.23. The molecule has 1 atom stereocenters. The largest absolute Gasteiger partial charge is 0.462 e. The van der Waals surface area contributed by atoms with E-state index in [1.807, 2.05) is 12.2 Å². The summed E-state index contributed by atoms with van der Waals surface area (Å²) in [6.45, 7) is 6.45. The van der Waals surface area contributed by atoms with Gasteiger partial charge in [-0.3, -0.25) is 14.4 Å². The second-order valence-corrected chi connectivity index (χ2v) is 16.7. The molecule has 0 radical (unpaired) electrons. The molecule has 0 aliphatic heterocycles. The molecule has 342 valence electrons. The molecule has 0 saturated carbocycles. The van der Waals surface area contributed by atoms with Crippen molar-refractivity contribution in [3.8, 4) is 0 Å². The third kappa shape index (κ3) is 46.3. The smallest absolute Gasteiger partial charge is 0.306 e. The summed E-state index contributed by atoms with van der Waals surface area (Å²) in [6, 6.07) is 0. The molecule has 6 heteroatoms. The van der Waals surface area contributed by atoms with E-state index >= 15 is 0 Å². The zero-order valence-corrected chi connectivity index (χ0v) is 39.0. The molecule has 0 spiro atoms. The van der Waals surface area contributed by atoms with Crippen LogP contribution in [0.1, 0.15) is 252 Å². The number of hydrogen-bond acceptors (Lipinski definition) is 6. The third-order valence-corrected chi connectivity index (χ3v) is 10.9. The number of unbranched alkanes of at least 4 members (excludes halogenated alkanes) is 26. The summed E-state index contributed by atoms with van der Waals surface area (Å²) in [4.78, 5) is 37.8. The van der Waals surface area contributed by atoms with E-state index < -0.39 is 6.10 Å². The fourth-order valence-electron chi connectivity index (χ4n) is 7.10. The van der Waals surface area contributed by atoms with Gasteiger partial charge >= 0.3 is 17.9 Å². The number of ether oxygens (including phenoxy) is 3. The van der Waals surface area contributed by atoms with Crippen LogP contribution in [0, 0.1) is 0 Å². The SMILES string of the molecule is CC/C=C\C/C=C\C/C=C\C/C=C\CCC(=O)OC(COC(=O)CCCCCCCCCCC)COC(=O)CCCCCCCCCCCCCCCCCCCCC. The highest BCUT2D eigenvalue weighted by molar-refractivity contribution is 5.71. The Morgan fingerprint density at radius 2 is 0.661 bits per heavy atom. The first kappa shape index (κ1) is 56.4. The van der Waals surface area contributed by atoms with Crippen LogP contribution in [0.4, 0.5) is 0 Å². The predicted octanol–water partition coefficient (Wildman–Crippen LogP) is 16.3. The topological polar surface area (TPSA) is 78.9 Å². The molecule has 59 heavy (non-hydrogen) atoms. The molecule has 0 bridgehead atoms. The summed E-state index contributed by atoms with van der Waals surface area (Å²) < 4.78 is 16.7. The molecule has 0 rings (SSSR count). The van der Waals surface area contributed by atoms with Crippen molar-refractivity contribution in [3.05, 3.63) is 48.6 Å². The third-order valence-electron chi connectivity index (χ3n) is 10.9. The summed E-state index contributed by atoms with van der Waals surface area (Å²) in [5.41, 5.74) is 0. The second-order valence-electron chi connectivity index (χ2n) is 16.7. The van der Waals surface area contributed by atoms with Gasteiger partial charge in [-0.15, -0.1) is 0 Å². The lowest BCUT2D eigenvalue weighted by Gasteiger charge is -2.18. The van der Waals surface area contributed by atoms with Crippen molar-refractivity contribution in [3.63, 3.8) is 0 Å². The Balaban J connectivity index is 4.32. The Morgan fingerprint density at radius 3 is 1.00 bits per heavy atom. The van der Waals surface area contributed by atoms with E-state index in [1.54, 1.807) is 0 Å². The van der Waals surface area contributed by atoms with Gasteiger partial charge in [0.05, 0.1) is 0 Å². The summed E-state index contributed by atoms with van der Waals surface area (Å²) in [7, 11) is 0. The summed E-state index contributed by atoms with van der Waals surface area (Å²) in [6.07, 6.45) is 56.9. The van der Waals surface area contributed by atoms with E-state index in [9.17, 15) is 14.4 Å². The van der Waals surface area contributed by atoms with Gasteiger partial charge in [-0.1, -0.05) is 236 Å². The van der Waals surface area contributed by atoms with Gasteiger partial charge in [0, 0.05) is 19.3 Å². The molecule has 0 saturated heterocycles. The first-order valence-electron chi connectivity index (χ1n) is 25.1. The van der Waals surface area contributed by atoms with E-state index in [1.165, 1.54) is 141 Å². The highest BCUT2D eigenvalue weighted by atomic mass is 16.6. The van der Waals surface area contributed by atoms with Gasteiger partial charge in [0.25, 0.3) is 0 Å². The lowest BCUT2D eigenvalue weighted by molar-refractivity contribution is -0.166. The maximum atomic E-state index is 12.7. The summed E-state index contributed by atoms with van der Waals surface area (Å²) >= 11 is 0. The molecule has 0 aromatic heterocycles. The fraction of sp³-hybridized carbons (Fsp3) is 0.792. The van der Waals surface area contributed by atoms with E-state index in [-0.39, 0.29) is 37.5 Å². The van der Waals surface area contributed by atoms with Crippen molar-refractivity contribution in [2.24, 2.45) is 0 Å². The van der Waals surface area contributed by atoms with Crippen LogP contribution in [0.25, 0.3) is 0 Å². The highest BCUT2D eigenvalue weighted by Crippen LogP contribution is 2.16. The Morgan fingerprint density at radius 1 is 0.356 bits per heavy atom. The molecule has 6 nitrogen and oxygen atoms in total. The van der Waals surface area contributed by atoms with Crippen LogP contribution in [0.3, 0.4) is 0 Å². The van der Waals surface area contributed by atoms with E-state index in [0.29, 0.717) is 19.3 Å². The molecule has 0 aliphatic rings. The fourth-order valence-corrected chi connectivity index (χ4v) is 7.10. The van der Waals surface area contributed by atoms with Crippen LogP contribution < -0.4 is 0 Å². The van der Waals surface area contributed by atoms with Gasteiger partial charge in [0.15, 0.2) is 6.10 Å². The van der Waals surface area contributed by atoms with Gasteiger partial charge in [-0.2, -0.15) is 0 Å². The zero-order valence-electron chi connectivity index (χ0n) is 39.0. The zero-order chi connectivity index (χ0) is 43.0. The Labute approximate surface area is 365 Å². The Kier molecular flexibility index (Phi) is 45.9. The van der Waals surface area contributed by atoms with Crippen molar-refractivity contribution in [1.29, 1.82) is 0 Å². The number of allylic oxidation sites excluding steroid dienone is 8. The van der Waals surface area contributed by atoms with Gasteiger partial charge in [-0.25, -0.2) is 0 Å². The van der Waals surface area contributed by atoms with Crippen molar-refractivity contribution in [2.75, 3.05) is 13.2 Å². The van der Waals surface area contributed by atoms with Crippen LogP contribution in [-0.4, -0.2) is 37.2 Å². The summed E-state index contributed by atoms with van der Waals surface area (Å²) in [5, 5.41) is 0. The minimum atomic E-state index is -0.805. The van der Waals surface area contributed by atoms with Gasteiger partial charge in [-0.05, 0) is 44.9 Å². The molecule has 0 N–H and O–H groups in total. The first-order chi connectivity index (χ1) is 29.0. The van der Waals surface area contributed by atoms with Crippen molar-refractivity contribution in [1.82, 2.24) is 0 Å². The molecule has 0 fully saturated rings. The van der Waals surface area contributed by atoms with Crippen LogP contribution in [0.5, 0.6) is 0 Å². The van der Waals surface area contributed by atoms with Crippen molar-refractivity contribution < 1.29 is 28.6 Å². The van der Waals surface area contributed by atoms with Gasteiger partial charge < -0.3 is 14.2 Å². The first-order valence-corrected chi connectivity index (χ1v) is 25.1. The summed E-state index contributed by atoms with van der Waals surface area (Å²) in [5.74, 6) is -0.977. The second kappa shape index (κ2) is 48.0. The quantitative estimate of drug-likeness (QED) is 0.0263. The number of rotatable bonds is 45. The molecule has 1 unspecified atom stereocenters. The van der Waals surface area contributed by atoms with Crippen LogP contribution >= 0.6 is 0 Å². The van der Waals surface area contributed by atoms with E-state index in [2.05, 4.69) is 57.2 Å². The monoisotopic (exact) mass is 827 g/mol. The van der Waals surface area contributed by atoms with E-state index in [0.717, 1.165) is 64.2 Å². The van der Waals surface area contributed by atoms with E-state index in [4.69, 9.17) is 14.2 Å². The number of carbonyl (C=O) groups excluding carboxylic acids is 3. The lowest BCUT2D eigenvalue weighted by atomic mass is 10.0. The minimum Gasteiger partial charge on any atom is -0.462 e. The number of hydrogen-bond donors (Lipinski definition) is 0. The number of carbonyl (C=O) groups is 3. The normalized spacial score (nSPS) is 12.4. The maximum Gasteiger partial charge on any atom is 0.306 e. The van der Waals surface area contributed by atoms with Crippen LogP contribution in [0.2, 0.25) is 0 Å². The molecule has 0 heterocycles. The lowest BCUT2D eigenvalue weighted by Crippen LogP contribution is -2.30. The molecule has 0 aromatic rings. The molecule has 0 aliphatic carbocycles. The Hall–Kier alpha value is -2.63. The predicted molar refractivity (Wildman–Crippen MR) is 252 cm³/mol. The van der Waals surface area contributed by atoms with Gasteiger partial charge in [0.2, 0.25) is 0 Å². The average molecular weight is 827 g/mol. The standard InChI is InChI=1S/C53H94O6/c1-4-7-10-13-16-19-21-23-24-25-26-27-28-30-31-34-37-40-43-46-52(55)58-49-50(48-57-51(54)45-42-39-36-33-18-15-12-9-6-3)59-53(56)47-44-41-38-35-32-29-22-20-17-14-11-8-5-2/h8,11,17,20,29,32,38,41,50H,4-7,9-10,12-16,18-19,21-28,30-31,33-37,39-40,42-49H2,1-3H3/b11-8-,20-17-,32-29-,41-38-. The van der Waals surface area contributed by atoms with Crippen molar-refractivity contribution >= 4 is 17.9 Å². The molecular formula is C53H94O6. The molecule has 0 aromatic carbocycles. The van der Waals surface area contributed by atoms with Gasteiger partial charge in [0.1, 0.15) is 13.2 Å². The molecule has 0 amide bonds. The maximum absolute atomic E-state index is 12.7. The number of esters is 3. The minimum absolute atomic E-state index is 0.0982. The van der Waals surface area contributed by atoms with Crippen molar-refractivity contribution in [2.45, 2.75) is 258 Å².